The van der Waals surface area contributed by atoms with Crippen LogP contribution in [0.5, 0.6) is 0 Å². The Morgan fingerprint density at radius 2 is 1.84 bits per heavy atom. The van der Waals surface area contributed by atoms with Gasteiger partial charge in [-0.3, -0.25) is 4.79 Å². The van der Waals surface area contributed by atoms with Gasteiger partial charge in [0.25, 0.3) is 0 Å². The molecular formula is C13H18FNO3S. The predicted molar refractivity (Wildman–Crippen MR) is 71.8 cm³/mol. The van der Waals surface area contributed by atoms with Crippen LogP contribution in [-0.2, 0) is 20.4 Å². The van der Waals surface area contributed by atoms with Crippen molar-refractivity contribution in [3.63, 3.8) is 0 Å². The van der Waals surface area contributed by atoms with Gasteiger partial charge in [0.1, 0.15) is 5.82 Å². The lowest BCUT2D eigenvalue weighted by Crippen LogP contribution is -2.31. The Morgan fingerprint density at radius 3 is 2.37 bits per heavy atom. The van der Waals surface area contributed by atoms with Crippen molar-refractivity contribution in [1.82, 2.24) is 5.32 Å². The van der Waals surface area contributed by atoms with Gasteiger partial charge in [-0.25, -0.2) is 12.8 Å². The number of carbonyl (C=O) groups excluding carboxylic acids is 1. The number of amides is 1. The molecule has 0 saturated carbocycles. The summed E-state index contributed by atoms with van der Waals surface area (Å²) < 4.78 is 36.3. The third kappa shape index (κ3) is 6.33. The first-order valence-electron chi connectivity index (χ1n) is 6.03. The van der Waals surface area contributed by atoms with Gasteiger partial charge in [0, 0.05) is 12.5 Å². The summed E-state index contributed by atoms with van der Waals surface area (Å²) in [6.07, 6.45) is -0.0539. The molecule has 0 bridgehead atoms. The maximum atomic E-state index is 12.7. The lowest BCUT2D eigenvalue weighted by molar-refractivity contribution is -0.121. The van der Waals surface area contributed by atoms with E-state index in [0.717, 1.165) is 0 Å². The van der Waals surface area contributed by atoms with Crippen LogP contribution in [0.2, 0.25) is 0 Å². The van der Waals surface area contributed by atoms with Crippen LogP contribution in [-0.4, -0.2) is 26.1 Å². The zero-order valence-electron chi connectivity index (χ0n) is 11.0. The van der Waals surface area contributed by atoms with E-state index in [-0.39, 0.29) is 29.9 Å². The minimum absolute atomic E-state index is 0.00713. The number of halogens is 1. The maximum absolute atomic E-state index is 12.7. The van der Waals surface area contributed by atoms with Gasteiger partial charge in [0.2, 0.25) is 5.91 Å². The van der Waals surface area contributed by atoms with Crippen LogP contribution in [0.25, 0.3) is 0 Å². The summed E-state index contributed by atoms with van der Waals surface area (Å²) in [6.45, 7) is 3.62. The van der Waals surface area contributed by atoms with Crippen molar-refractivity contribution < 1.29 is 17.6 Å². The van der Waals surface area contributed by atoms with Crippen LogP contribution in [0.15, 0.2) is 24.3 Å². The second-order valence-electron chi connectivity index (χ2n) is 4.69. The highest BCUT2D eigenvalue weighted by Crippen LogP contribution is 2.09. The van der Waals surface area contributed by atoms with Crippen LogP contribution in [0.3, 0.4) is 0 Å². The molecule has 0 heterocycles. The molecule has 0 aromatic heterocycles. The minimum Gasteiger partial charge on any atom is -0.354 e. The van der Waals surface area contributed by atoms with Gasteiger partial charge >= 0.3 is 0 Å². The molecule has 1 amide bonds. The first-order valence-corrected chi connectivity index (χ1v) is 7.85. The lowest BCUT2D eigenvalue weighted by atomic mass is 10.2. The molecule has 0 aliphatic rings. The Hall–Kier alpha value is -1.43. The third-order valence-corrected chi connectivity index (χ3v) is 3.99. The molecule has 1 N–H and O–H groups in total. The summed E-state index contributed by atoms with van der Waals surface area (Å²) in [6, 6.07) is 5.29. The van der Waals surface area contributed by atoms with E-state index in [2.05, 4.69) is 5.32 Å². The molecule has 0 radical (unpaired) electrons. The van der Waals surface area contributed by atoms with Crippen LogP contribution in [0.4, 0.5) is 4.39 Å². The van der Waals surface area contributed by atoms with Crippen molar-refractivity contribution in [2.75, 3.05) is 5.75 Å². The van der Waals surface area contributed by atoms with Crippen molar-refractivity contribution in [2.45, 2.75) is 32.1 Å². The SMILES string of the molecule is CC(C)NC(=O)CCS(=O)(=O)Cc1ccc(F)cc1. The summed E-state index contributed by atoms with van der Waals surface area (Å²) in [4.78, 5) is 11.4. The maximum Gasteiger partial charge on any atom is 0.221 e. The van der Waals surface area contributed by atoms with E-state index in [9.17, 15) is 17.6 Å². The van der Waals surface area contributed by atoms with Crippen molar-refractivity contribution in [2.24, 2.45) is 0 Å². The van der Waals surface area contributed by atoms with Gasteiger partial charge in [-0.1, -0.05) is 12.1 Å². The fraction of sp³-hybridized carbons (Fsp3) is 0.462. The highest BCUT2D eigenvalue weighted by Gasteiger charge is 2.15. The van der Waals surface area contributed by atoms with Gasteiger partial charge in [0.15, 0.2) is 9.84 Å². The number of sulfone groups is 1. The van der Waals surface area contributed by atoms with E-state index < -0.39 is 15.7 Å². The summed E-state index contributed by atoms with van der Waals surface area (Å²) in [7, 11) is -3.36. The van der Waals surface area contributed by atoms with E-state index in [4.69, 9.17) is 0 Å². The number of nitrogens with one attached hydrogen (secondary N) is 1. The van der Waals surface area contributed by atoms with Gasteiger partial charge in [0.05, 0.1) is 11.5 Å². The first kappa shape index (κ1) is 15.6. The third-order valence-electron chi connectivity index (χ3n) is 2.39. The molecule has 1 aromatic rings. The molecule has 4 nitrogen and oxygen atoms in total. The molecule has 19 heavy (non-hydrogen) atoms. The van der Waals surface area contributed by atoms with Gasteiger partial charge < -0.3 is 5.32 Å². The Balaban J connectivity index is 2.52. The standard InChI is InChI=1S/C13H18FNO3S/c1-10(2)15-13(16)7-8-19(17,18)9-11-3-5-12(14)6-4-11/h3-6,10H,7-9H2,1-2H3,(H,15,16). The summed E-state index contributed by atoms with van der Waals surface area (Å²) in [5.41, 5.74) is 0.519. The van der Waals surface area contributed by atoms with E-state index in [0.29, 0.717) is 5.56 Å². The summed E-state index contributed by atoms with van der Waals surface area (Å²) >= 11 is 0. The van der Waals surface area contributed by atoms with Crippen LogP contribution in [0, 0.1) is 5.82 Å². The number of hydrogen-bond acceptors (Lipinski definition) is 3. The van der Waals surface area contributed by atoms with E-state index in [1.165, 1.54) is 24.3 Å². The topological polar surface area (TPSA) is 63.2 Å². The zero-order chi connectivity index (χ0) is 14.5. The Bertz CT molecular complexity index is 523. The Kier molecular flexibility index (Phi) is 5.47. The van der Waals surface area contributed by atoms with Gasteiger partial charge in [-0.05, 0) is 31.5 Å². The molecule has 0 unspecified atom stereocenters. The smallest absolute Gasteiger partial charge is 0.221 e. The van der Waals surface area contributed by atoms with Crippen molar-refractivity contribution in [3.05, 3.63) is 35.6 Å². The highest BCUT2D eigenvalue weighted by molar-refractivity contribution is 7.90. The molecular weight excluding hydrogens is 269 g/mol. The molecule has 0 atom stereocenters. The molecule has 0 aliphatic heterocycles. The number of carbonyl (C=O) groups is 1. The zero-order valence-corrected chi connectivity index (χ0v) is 11.8. The fourth-order valence-electron chi connectivity index (χ4n) is 1.55. The Labute approximate surface area is 112 Å². The quantitative estimate of drug-likeness (QED) is 0.865. The van der Waals surface area contributed by atoms with Crippen LogP contribution < -0.4 is 5.32 Å². The number of benzene rings is 1. The summed E-state index contributed by atoms with van der Waals surface area (Å²) in [5.74, 6) is -1.07. The van der Waals surface area contributed by atoms with E-state index in [1.54, 1.807) is 0 Å². The second kappa shape index (κ2) is 6.65. The molecule has 0 saturated heterocycles. The van der Waals surface area contributed by atoms with E-state index >= 15 is 0 Å². The van der Waals surface area contributed by atoms with E-state index in [1.807, 2.05) is 13.8 Å². The second-order valence-corrected chi connectivity index (χ2v) is 6.87. The molecule has 0 spiro atoms. The van der Waals surface area contributed by atoms with Crippen LogP contribution in [0.1, 0.15) is 25.8 Å². The largest absolute Gasteiger partial charge is 0.354 e. The average Bonchev–Trinajstić information content (AvgIpc) is 2.29. The van der Waals surface area contributed by atoms with Crippen molar-refractivity contribution in [3.8, 4) is 0 Å². The van der Waals surface area contributed by atoms with Gasteiger partial charge in [-0.2, -0.15) is 0 Å². The van der Waals surface area contributed by atoms with Gasteiger partial charge in [-0.15, -0.1) is 0 Å². The van der Waals surface area contributed by atoms with Crippen molar-refractivity contribution >= 4 is 15.7 Å². The average molecular weight is 287 g/mol. The monoisotopic (exact) mass is 287 g/mol. The lowest BCUT2D eigenvalue weighted by Gasteiger charge is -2.08. The summed E-state index contributed by atoms with van der Waals surface area (Å²) in [5, 5.41) is 2.63. The number of rotatable bonds is 6. The van der Waals surface area contributed by atoms with Crippen molar-refractivity contribution in [1.29, 1.82) is 0 Å². The normalized spacial score (nSPS) is 11.6. The fourth-order valence-corrected chi connectivity index (χ4v) is 2.89. The molecule has 106 valence electrons. The van der Waals surface area contributed by atoms with Crippen LogP contribution >= 0.6 is 0 Å². The number of hydrogen-bond donors (Lipinski definition) is 1. The molecule has 0 fully saturated rings. The predicted octanol–water partition coefficient (Wildman–Crippen LogP) is 1.66. The first-order chi connectivity index (χ1) is 8.78. The molecule has 0 aliphatic carbocycles. The molecule has 6 heteroatoms. The molecule has 1 aromatic carbocycles. The highest BCUT2D eigenvalue weighted by atomic mass is 32.2. The molecule has 1 rings (SSSR count). The Morgan fingerprint density at radius 1 is 1.26 bits per heavy atom. The minimum atomic E-state index is -3.36.